The highest BCUT2D eigenvalue weighted by Gasteiger charge is 2.28. The van der Waals surface area contributed by atoms with Crippen molar-refractivity contribution in [3.05, 3.63) is 65.9 Å². The molecule has 29 heavy (non-hydrogen) atoms. The van der Waals surface area contributed by atoms with Gasteiger partial charge in [-0.25, -0.2) is 0 Å². The van der Waals surface area contributed by atoms with Crippen molar-refractivity contribution in [1.29, 1.82) is 0 Å². The molecule has 4 rings (SSSR count). The van der Waals surface area contributed by atoms with Crippen LogP contribution in [0.15, 0.2) is 54.6 Å². The number of nitrogens with zero attached hydrogens (tertiary/aromatic N) is 3. The highest BCUT2D eigenvalue weighted by atomic mass is 16.5. The van der Waals surface area contributed by atoms with E-state index in [0.717, 1.165) is 41.5 Å². The second-order valence-electron chi connectivity index (χ2n) is 7.12. The van der Waals surface area contributed by atoms with Crippen LogP contribution in [0.3, 0.4) is 0 Å². The average Bonchev–Trinajstić information content (AvgIpc) is 3.16. The molecule has 1 aliphatic rings. The van der Waals surface area contributed by atoms with Gasteiger partial charge in [0.05, 0.1) is 17.9 Å². The summed E-state index contributed by atoms with van der Waals surface area (Å²) < 4.78 is 5.77. The summed E-state index contributed by atoms with van der Waals surface area (Å²) in [5.74, 6) is 0.930. The number of aryl methyl sites for hydroxylation is 1. The van der Waals surface area contributed by atoms with Crippen molar-refractivity contribution in [3.63, 3.8) is 0 Å². The Balaban J connectivity index is 1.50. The number of ether oxygens (including phenoxy) is 1. The van der Waals surface area contributed by atoms with E-state index < -0.39 is 0 Å². The van der Waals surface area contributed by atoms with Crippen LogP contribution in [-0.4, -0.2) is 53.8 Å². The lowest BCUT2D eigenvalue weighted by atomic mass is 10.0. The molecule has 1 fully saturated rings. The number of para-hydroxylation sites is 2. The van der Waals surface area contributed by atoms with Crippen LogP contribution in [-0.2, 0) is 0 Å². The molecular weight excluding hydrogens is 364 g/mol. The van der Waals surface area contributed by atoms with Crippen molar-refractivity contribution < 1.29 is 9.53 Å². The van der Waals surface area contributed by atoms with Gasteiger partial charge in [0, 0.05) is 37.4 Å². The van der Waals surface area contributed by atoms with Crippen molar-refractivity contribution in [2.45, 2.75) is 13.8 Å². The molecule has 2 heterocycles. The van der Waals surface area contributed by atoms with Crippen LogP contribution in [0.4, 0.5) is 5.69 Å². The van der Waals surface area contributed by atoms with Crippen molar-refractivity contribution >= 4 is 11.6 Å². The number of amides is 1. The first-order chi connectivity index (χ1) is 14.2. The van der Waals surface area contributed by atoms with Gasteiger partial charge in [-0.15, -0.1) is 0 Å². The number of hydrogen-bond donors (Lipinski definition) is 1. The smallest absolute Gasteiger partial charge is 0.258 e. The molecule has 0 unspecified atom stereocenters. The summed E-state index contributed by atoms with van der Waals surface area (Å²) in [7, 11) is 0. The minimum Gasteiger partial charge on any atom is -0.492 e. The largest absolute Gasteiger partial charge is 0.492 e. The lowest BCUT2D eigenvalue weighted by Crippen LogP contribution is -2.49. The van der Waals surface area contributed by atoms with Gasteiger partial charge in [0.15, 0.2) is 0 Å². The maximum Gasteiger partial charge on any atom is 0.258 e. The standard InChI is InChI=1S/C23H26N4O2/c1-3-29-20-12-8-7-11-19(20)26-13-15-27(16-14-26)23(28)21-17(2)24-25-22(21)18-9-5-4-6-10-18/h4-12H,3,13-16H2,1-2H3,(H,24,25). The Bertz CT molecular complexity index is 976. The molecule has 3 aromatic rings. The summed E-state index contributed by atoms with van der Waals surface area (Å²) in [6.45, 7) is 7.40. The lowest BCUT2D eigenvalue weighted by molar-refractivity contribution is 0.0747. The van der Waals surface area contributed by atoms with Gasteiger partial charge in [-0.05, 0) is 26.0 Å². The van der Waals surface area contributed by atoms with E-state index in [2.05, 4.69) is 21.2 Å². The number of aromatic nitrogens is 2. The van der Waals surface area contributed by atoms with Crippen molar-refractivity contribution in [2.24, 2.45) is 0 Å². The molecule has 0 aliphatic carbocycles. The summed E-state index contributed by atoms with van der Waals surface area (Å²) in [6, 6.07) is 17.9. The van der Waals surface area contributed by atoms with E-state index in [-0.39, 0.29) is 5.91 Å². The van der Waals surface area contributed by atoms with Crippen molar-refractivity contribution in [3.8, 4) is 17.0 Å². The normalized spacial score (nSPS) is 14.1. The summed E-state index contributed by atoms with van der Waals surface area (Å²) in [4.78, 5) is 17.5. The number of carbonyl (C=O) groups is 1. The van der Waals surface area contributed by atoms with Crippen molar-refractivity contribution in [1.82, 2.24) is 15.1 Å². The van der Waals surface area contributed by atoms with E-state index >= 15 is 0 Å². The highest BCUT2D eigenvalue weighted by molar-refractivity contribution is 6.01. The number of rotatable bonds is 5. The van der Waals surface area contributed by atoms with E-state index in [1.165, 1.54) is 0 Å². The molecule has 1 N–H and O–H groups in total. The fraction of sp³-hybridized carbons (Fsp3) is 0.304. The Morgan fingerprint density at radius 1 is 1.03 bits per heavy atom. The van der Waals surface area contributed by atoms with Gasteiger partial charge in [0.2, 0.25) is 0 Å². The van der Waals surface area contributed by atoms with Crippen LogP contribution in [0.1, 0.15) is 23.0 Å². The third kappa shape index (κ3) is 3.83. The molecule has 6 heteroatoms. The van der Waals surface area contributed by atoms with E-state index in [0.29, 0.717) is 25.3 Å². The zero-order valence-corrected chi connectivity index (χ0v) is 16.9. The number of carbonyl (C=O) groups excluding carboxylic acids is 1. The Morgan fingerprint density at radius 3 is 2.45 bits per heavy atom. The van der Waals surface area contributed by atoms with Crippen LogP contribution in [0.25, 0.3) is 11.3 Å². The Labute approximate surface area is 171 Å². The summed E-state index contributed by atoms with van der Waals surface area (Å²) in [5.41, 5.74) is 4.23. The Kier molecular flexibility index (Phi) is 5.51. The Morgan fingerprint density at radius 2 is 1.72 bits per heavy atom. The molecule has 1 saturated heterocycles. The zero-order valence-electron chi connectivity index (χ0n) is 16.9. The third-order valence-corrected chi connectivity index (χ3v) is 5.28. The summed E-state index contributed by atoms with van der Waals surface area (Å²) in [6.07, 6.45) is 0. The van der Waals surface area contributed by atoms with Gasteiger partial charge in [0.1, 0.15) is 11.4 Å². The van der Waals surface area contributed by atoms with Gasteiger partial charge in [-0.3, -0.25) is 9.89 Å². The van der Waals surface area contributed by atoms with Crippen LogP contribution >= 0.6 is 0 Å². The van der Waals surface area contributed by atoms with Crippen molar-refractivity contribution in [2.75, 3.05) is 37.7 Å². The predicted molar refractivity (Wildman–Crippen MR) is 114 cm³/mol. The molecule has 1 amide bonds. The SMILES string of the molecule is CCOc1ccccc1N1CCN(C(=O)c2c(-c3ccccc3)n[nH]c2C)CC1. The van der Waals surface area contributed by atoms with Gasteiger partial charge >= 0.3 is 0 Å². The van der Waals surface area contributed by atoms with Crippen LogP contribution in [0.5, 0.6) is 5.75 Å². The molecule has 0 spiro atoms. The molecule has 2 aromatic carbocycles. The molecule has 0 saturated carbocycles. The predicted octanol–water partition coefficient (Wildman–Crippen LogP) is 3.75. The number of piperazine rings is 1. The van der Waals surface area contributed by atoms with Crippen LogP contribution < -0.4 is 9.64 Å². The molecule has 0 bridgehead atoms. The highest BCUT2D eigenvalue weighted by Crippen LogP contribution is 2.30. The molecular formula is C23H26N4O2. The van der Waals surface area contributed by atoms with Gasteiger partial charge in [-0.2, -0.15) is 5.10 Å². The molecule has 150 valence electrons. The summed E-state index contributed by atoms with van der Waals surface area (Å²) in [5, 5.41) is 7.38. The van der Waals surface area contributed by atoms with Gasteiger partial charge in [0.25, 0.3) is 5.91 Å². The first kappa shape index (κ1) is 19.1. The molecule has 6 nitrogen and oxygen atoms in total. The minimum atomic E-state index is 0.0350. The zero-order chi connectivity index (χ0) is 20.2. The number of benzene rings is 2. The van der Waals surface area contributed by atoms with Gasteiger partial charge in [-0.1, -0.05) is 42.5 Å². The molecule has 1 aromatic heterocycles. The second-order valence-corrected chi connectivity index (χ2v) is 7.12. The maximum atomic E-state index is 13.3. The number of nitrogens with one attached hydrogen (secondary N) is 1. The molecule has 0 atom stereocenters. The first-order valence-electron chi connectivity index (χ1n) is 10.1. The van der Waals surface area contributed by atoms with Crippen LogP contribution in [0.2, 0.25) is 0 Å². The second kappa shape index (κ2) is 8.39. The van der Waals surface area contributed by atoms with E-state index in [9.17, 15) is 4.79 Å². The number of aromatic amines is 1. The maximum absolute atomic E-state index is 13.3. The van der Waals surface area contributed by atoms with Crippen LogP contribution in [0, 0.1) is 6.92 Å². The summed E-state index contributed by atoms with van der Waals surface area (Å²) >= 11 is 0. The monoisotopic (exact) mass is 390 g/mol. The minimum absolute atomic E-state index is 0.0350. The fourth-order valence-electron chi connectivity index (χ4n) is 3.80. The van der Waals surface area contributed by atoms with E-state index in [1.54, 1.807) is 0 Å². The Hall–Kier alpha value is -3.28. The fourth-order valence-corrected chi connectivity index (χ4v) is 3.80. The average molecular weight is 390 g/mol. The number of anilines is 1. The van der Waals surface area contributed by atoms with E-state index in [4.69, 9.17) is 4.74 Å². The van der Waals surface area contributed by atoms with Gasteiger partial charge < -0.3 is 14.5 Å². The first-order valence-corrected chi connectivity index (χ1v) is 10.1. The third-order valence-electron chi connectivity index (χ3n) is 5.28. The number of H-pyrrole nitrogens is 1. The quantitative estimate of drug-likeness (QED) is 0.721. The lowest BCUT2D eigenvalue weighted by Gasteiger charge is -2.36. The van der Waals surface area contributed by atoms with E-state index in [1.807, 2.05) is 67.3 Å². The molecule has 0 radical (unpaired) electrons. The molecule has 1 aliphatic heterocycles. The topological polar surface area (TPSA) is 61.5 Å². The number of hydrogen-bond acceptors (Lipinski definition) is 4.